The number of nitrogens with zero attached hydrogens (tertiary/aromatic N) is 2. The molecular formula is C18H22N2O3. The fraction of sp³-hybridized carbons (Fsp3) is 0.444. The second-order valence-electron chi connectivity index (χ2n) is 5.36. The zero-order valence-corrected chi connectivity index (χ0v) is 13.7. The zero-order chi connectivity index (χ0) is 16.7. The van der Waals surface area contributed by atoms with Crippen molar-refractivity contribution in [2.75, 3.05) is 33.4 Å². The molecule has 0 heterocycles. The van der Waals surface area contributed by atoms with Crippen LogP contribution in [0.4, 0.5) is 0 Å². The normalized spacial score (nSPS) is 12.0. The maximum absolute atomic E-state index is 11.5. The van der Waals surface area contributed by atoms with Gasteiger partial charge < -0.3 is 9.47 Å². The number of hydrogen-bond donors (Lipinski definition) is 0. The molecule has 0 saturated carbocycles. The maximum atomic E-state index is 11.5. The molecule has 0 spiro atoms. The lowest BCUT2D eigenvalue weighted by Crippen LogP contribution is -2.30. The van der Waals surface area contributed by atoms with Crippen molar-refractivity contribution in [1.29, 1.82) is 5.26 Å². The topological polar surface area (TPSA) is 62.6 Å². The van der Waals surface area contributed by atoms with E-state index in [1.165, 1.54) is 16.7 Å². The van der Waals surface area contributed by atoms with E-state index >= 15 is 0 Å². The van der Waals surface area contributed by atoms with E-state index in [9.17, 15) is 4.79 Å². The van der Waals surface area contributed by atoms with Gasteiger partial charge in [0.2, 0.25) is 0 Å². The minimum Gasteiger partial charge on any atom is -0.497 e. The van der Waals surface area contributed by atoms with Crippen LogP contribution in [0.1, 0.15) is 30.9 Å². The first-order chi connectivity index (χ1) is 11.2. The number of fused-ring (bicyclic) bond motifs is 1. The molecule has 0 amide bonds. The summed E-state index contributed by atoms with van der Waals surface area (Å²) < 4.78 is 10.2. The van der Waals surface area contributed by atoms with Crippen LogP contribution in [-0.2, 0) is 9.53 Å². The van der Waals surface area contributed by atoms with Crippen LogP contribution in [0.5, 0.6) is 5.75 Å². The number of ether oxygens (including phenoxy) is 2. The fourth-order valence-corrected chi connectivity index (χ4v) is 2.59. The average Bonchev–Trinajstić information content (AvgIpc) is 2.54. The molecule has 0 aliphatic heterocycles. The van der Waals surface area contributed by atoms with Crippen LogP contribution in [0.15, 0.2) is 18.2 Å². The molecule has 0 N–H and O–H groups in total. The van der Waals surface area contributed by atoms with Crippen molar-refractivity contribution < 1.29 is 14.3 Å². The molecular weight excluding hydrogens is 292 g/mol. The molecule has 5 nitrogen and oxygen atoms in total. The molecule has 1 aromatic rings. The number of esters is 1. The fourth-order valence-electron chi connectivity index (χ4n) is 2.59. The van der Waals surface area contributed by atoms with Gasteiger partial charge in [-0.05, 0) is 41.8 Å². The highest BCUT2D eigenvalue weighted by atomic mass is 16.5. The van der Waals surface area contributed by atoms with Gasteiger partial charge in [-0.3, -0.25) is 9.69 Å². The second-order valence-corrected chi connectivity index (χ2v) is 5.36. The summed E-state index contributed by atoms with van der Waals surface area (Å²) in [6.07, 6.45) is 2.93. The van der Waals surface area contributed by atoms with Crippen LogP contribution in [0.3, 0.4) is 0 Å². The molecule has 0 radical (unpaired) electrons. The Balaban J connectivity index is 1.95. The third kappa shape index (κ3) is 4.57. The van der Waals surface area contributed by atoms with Gasteiger partial charge in [-0.2, -0.15) is 5.26 Å². The number of hydrogen-bond acceptors (Lipinski definition) is 5. The monoisotopic (exact) mass is 314 g/mol. The van der Waals surface area contributed by atoms with Crippen LogP contribution in [0.25, 0.3) is 11.6 Å². The Morgan fingerprint density at radius 2 is 2.17 bits per heavy atom. The van der Waals surface area contributed by atoms with E-state index in [0.29, 0.717) is 32.5 Å². The standard InChI is InChI=1S/C18H22N2O3/c1-3-23-18(21)7-10-20(9-4-8-19)13-15-11-14-5-6-16(22-2)12-17(14)15/h5-6,11-12H,3-4,7,9-10,13H2,1-2H3. The SMILES string of the molecule is CCOC(=O)CCN(CCC#N)CC1=Cc2ccc(OC)cc21. The smallest absolute Gasteiger partial charge is 0.307 e. The molecule has 2 rings (SSSR count). The summed E-state index contributed by atoms with van der Waals surface area (Å²) in [5.41, 5.74) is 3.59. The van der Waals surface area contributed by atoms with Gasteiger partial charge in [-0.15, -0.1) is 0 Å². The Morgan fingerprint density at radius 3 is 2.87 bits per heavy atom. The largest absolute Gasteiger partial charge is 0.497 e. The summed E-state index contributed by atoms with van der Waals surface area (Å²) in [4.78, 5) is 13.6. The number of rotatable bonds is 9. The Morgan fingerprint density at radius 1 is 1.35 bits per heavy atom. The van der Waals surface area contributed by atoms with Crippen molar-refractivity contribution in [3.63, 3.8) is 0 Å². The average molecular weight is 314 g/mol. The molecule has 0 aromatic heterocycles. The molecule has 0 atom stereocenters. The number of carbonyl (C=O) groups excluding carboxylic acids is 1. The van der Waals surface area contributed by atoms with E-state index in [4.69, 9.17) is 14.7 Å². The van der Waals surface area contributed by atoms with E-state index in [-0.39, 0.29) is 5.97 Å². The minimum atomic E-state index is -0.195. The van der Waals surface area contributed by atoms with Gasteiger partial charge in [0.05, 0.1) is 26.2 Å². The van der Waals surface area contributed by atoms with Crippen LogP contribution < -0.4 is 4.74 Å². The molecule has 1 aliphatic rings. The summed E-state index contributed by atoms with van der Waals surface area (Å²) in [6.45, 7) is 4.16. The van der Waals surface area contributed by atoms with Crippen LogP contribution in [0, 0.1) is 11.3 Å². The molecule has 1 aromatic carbocycles. The molecule has 0 unspecified atom stereocenters. The van der Waals surface area contributed by atoms with E-state index in [1.807, 2.05) is 18.2 Å². The van der Waals surface area contributed by atoms with Gasteiger partial charge in [-0.25, -0.2) is 0 Å². The van der Waals surface area contributed by atoms with Crippen molar-refractivity contribution in [2.24, 2.45) is 0 Å². The highest BCUT2D eigenvalue weighted by molar-refractivity contribution is 5.96. The van der Waals surface area contributed by atoms with E-state index < -0.39 is 0 Å². The molecule has 0 fully saturated rings. The molecule has 5 heteroatoms. The summed E-state index contributed by atoms with van der Waals surface area (Å²) in [5.74, 6) is 0.642. The number of nitriles is 1. The summed E-state index contributed by atoms with van der Waals surface area (Å²) in [5, 5.41) is 8.81. The van der Waals surface area contributed by atoms with Gasteiger partial charge in [0.15, 0.2) is 0 Å². The second kappa shape index (κ2) is 8.35. The molecule has 0 bridgehead atoms. The van der Waals surface area contributed by atoms with Crippen molar-refractivity contribution in [3.05, 3.63) is 29.3 Å². The first kappa shape index (κ1) is 17.0. The van der Waals surface area contributed by atoms with Crippen molar-refractivity contribution in [3.8, 4) is 11.8 Å². The Bertz CT molecular complexity index is 632. The van der Waals surface area contributed by atoms with Crippen LogP contribution >= 0.6 is 0 Å². The Hall–Kier alpha value is -2.32. The maximum Gasteiger partial charge on any atom is 0.307 e. The lowest BCUT2D eigenvalue weighted by molar-refractivity contribution is -0.143. The Kier molecular flexibility index (Phi) is 6.19. The first-order valence-electron chi connectivity index (χ1n) is 7.81. The number of benzene rings is 1. The van der Waals surface area contributed by atoms with Crippen molar-refractivity contribution in [2.45, 2.75) is 19.8 Å². The molecule has 23 heavy (non-hydrogen) atoms. The number of methoxy groups -OCH3 is 1. The highest BCUT2D eigenvalue weighted by Crippen LogP contribution is 2.35. The molecule has 1 aliphatic carbocycles. The van der Waals surface area contributed by atoms with Crippen molar-refractivity contribution >= 4 is 17.6 Å². The third-order valence-corrected chi connectivity index (χ3v) is 3.81. The highest BCUT2D eigenvalue weighted by Gasteiger charge is 2.20. The lowest BCUT2D eigenvalue weighted by atomic mass is 9.88. The first-order valence-corrected chi connectivity index (χ1v) is 7.81. The van der Waals surface area contributed by atoms with Gasteiger partial charge in [0.25, 0.3) is 0 Å². The predicted molar refractivity (Wildman–Crippen MR) is 88.8 cm³/mol. The van der Waals surface area contributed by atoms with Gasteiger partial charge in [-0.1, -0.05) is 6.07 Å². The van der Waals surface area contributed by atoms with Gasteiger partial charge in [0.1, 0.15) is 5.75 Å². The van der Waals surface area contributed by atoms with Crippen LogP contribution in [-0.4, -0.2) is 44.2 Å². The third-order valence-electron chi connectivity index (χ3n) is 3.81. The van der Waals surface area contributed by atoms with E-state index in [2.05, 4.69) is 17.0 Å². The quantitative estimate of drug-likeness (QED) is 0.656. The summed E-state index contributed by atoms with van der Waals surface area (Å²) in [6, 6.07) is 8.17. The summed E-state index contributed by atoms with van der Waals surface area (Å²) in [7, 11) is 1.66. The zero-order valence-electron chi connectivity index (χ0n) is 13.7. The van der Waals surface area contributed by atoms with Crippen LogP contribution in [0.2, 0.25) is 0 Å². The molecule has 122 valence electrons. The van der Waals surface area contributed by atoms with Gasteiger partial charge in [0, 0.05) is 26.1 Å². The van der Waals surface area contributed by atoms with Gasteiger partial charge >= 0.3 is 5.97 Å². The van der Waals surface area contributed by atoms with E-state index in [1.54, 1.807) is 14.0 Å². The van der Waals surface area contributed by atoms with E-state index in [0.717, 1.165) is 12.3 Å². The van der Waals surface area contributed by atoms with Crippen molar-refractivity contribution in [1.82, 2.24) is 4.90 Å². The summed E-state index contributed by atoms with van der Waals surface area (Å²) >= 11 is 0. The number of carbonyl (C=O) groups is 1. The molecule has 0 saturated heterocycles. The minimum absolute atomic E-state index is 0.195. The Labute approximate surface area is 137 Å². The predicted octanol–water partition coefficient (Wildman–Crippen LogP) is 2.72. The lowest BCUT2D eigenvalue weighted by Gasteiger charge is -2.27.